The summed E-state index contributed by atoms with van der Waals surface area (Å²) < 4.78 is 18.5. The van der Waals surface area contributed by atoms with Crippen molar-refractivity contribution in [2.45, 2.75) is 24.7 Å². The molecule has 0 spiro atoms. The molecule has 0 heterocycles. The highest BCUT2D eigenvalue weighted by molar-refractivity contribution is 7.98. The molecule has 78 valence electrons. The van der Waals surface area contributed by atoms with Crippen molar-refractivity contribution in [1.29, 1.82) is 0 Å². The second-order valence-corrected chi connectivity index (χ2v) is 3.88. The minimum atomic E-state index is -0.279. The highest BCUT2D eigenvalue weighted by Gasteiger charge is 2.03. The molecule has 14 heavy (non-hydrogen) atoms. The zero-order valence-corrected chi connectivity index (χ0v) is 9.36. The second kappa shape index (κ2) is 5.91. The van der Waals surface area contributed by atoms with E-state index in [2.05, 4.69) is 6.92 Å². The van der Waals surface area contributed by atoms with Crippen LogP contribution in [0.2, 0.25) is 0 Å². The molecule has 0 aliphatic carbocycles. The van der Waals surface area contributed by atoms with Crippen LogP contribution in [0.5, 0.6) is 5.75 Å². The standard InChI is InChI=1S/C11H15FOS/c1-3-4-7-13-11-8-9(14-2)5-6-10(11)12/h5-6,8H,3-4,7H2,1-2H3. The minimum absolute atomic E-state index is 0.279. The first-order valence-electron chi connectivity index (χ1n) is 4.74. The molecule has 0 fully saturated rings. The van der Waals surface area contributed by atoms with Crippen LogP contribution in [0.1, 0.15) is 19.8 Å². The van der Waals surface area contributed by atoms with Crippen molar-refractivity contribution in [2.24, 2.45) is 0 Å². The van der Waals surface area contributed by atoms with Crippen molar-refractivity contribution in [3.8, 4) is 5.75 Å². The third kappa shape index (κ3) is 3.22. The van der Waals surface area contributed by atoms with Crippen LogP contribution in [0.15, 0.2) is 23.1 Å². The number of halogens is 1. The van der Waals surface area contributed by atoms with E-state index in [0.717, 1.165) is 17.7 Å². The second-order valence-electron chi connectivity index (χ2n) is 3.00. The Hall–Kier alpha value is -0.700. The summed E-state index contributed by atoms with van der Waals surface area (Å²) in [4.78, 5) is 1.03. The molecule has 0 N–H and O–H groups in total. The zero-order valence-electron chi connectivity index (χ0n) is 8.55. The van der Waals surface area contributed by atoms with Gasteiger partial charge in [0, 0.05) is 4.90 Å². The summed E-state index contributed by atoms with van der Waals surface area (Å²) in [5.41, 5.74) is 0. The van der Waals surface area contributed by atoms with Gasteiger partial charge in [-0.1, -0.05) is 13.3 Å². The Morgan fingerprint density at radius 2 is 2.21 bits per heavy atom. The Morgan fingerprint density at radius 1 is 1.43 bits per heavy atom. The molecule has 0 saturated heterocycles. The predicted octanol–water partition coefficient (Wildman–Crippen LogP) is 3.73. The lowest BCUT2D eigenvalue weighted by molar-refractivity contribution is 0.293. The van der Waals surface area contributed by atoms with Crippen molar-refractivity contribution >= 4 is 11.8 Å². The third-order valence-corrected chi connectivity index (χ3v) is 2.62. The molecule has 0 atom stereocenters. The van der Waals surface area contributed by atoms with E-state index in [0.29, 0.717) is 12.4 Å². The normalized spacial score (nSPS) is 10.2. The maximum Gasteiger partial charge on any atom is 0.165 e. The molecule has 0 saturated carbocycles. The zero-order chi connectivity index (χ0) is 10.4. The number of ether oxygens (including phenoxy) is 1. The number of hydrogen-bond acceptors (Lipinski definition) is 2. The average Bonchev–Trinajstić information content (AvgIpc) is 2.21. The van der Waals surface area contributed by atoms with Gasteiger partial charge in [0.15, 0.2) is 11.6 Å². The maximum absolute atomic E-state index is 13.2. The number of thioether (sulfide) groups is 1. The van der Waals surface area contributed by atoms with Gasteiger partial charge in [0.2, 0.25) is 0 Å². The molecule has 0 amide bonds. The van der Waals surface area contributed by atoms with Crippen molar-refractivity contribution in [2.75, 3.05) is 12.9 Å². The molecule has 0 aliphatic rings. The summed E-state index contributed by atoms with van der Waals surface area (Å²) in [5, 5.41) is 0. The van der Waals surface area contributed by atoms with E-state index in [-0.39, 0.29) is 5.82 Å². The van der Waals surface area contributed by atoms with Gasteiger partial charge >= 0.3 is 0 Å². The van der Waals surface area contributed by atoms with E-state index in [1.165, 1.54) is 6.07 Å². The molecule has 0 aromatic heterocycles. The van der Waals surface area contributed by atoms with E-state index >= 15 is 0 Å². The molecule has 1 nitrogen and oxygen atoms in total. The first-order chi connectivity index (χ1) is 6.77. The SMILES string of the molecule is CCCCOc1cc(SC)ccc1F. The minimum Gasteiger partial charge on any atom is -0.490 e. The Morgan fingerprint density at radius 3 is 2.86 bits per heavy atom. The molecule has 1 rings (SSSR count). The number of unbranched alkanes of at least 4 members (excludes halogenated alkanes) is 1. The summed E-state index contributed by atoms with van der Waals surface area (Å²) in [6.45, 7) is 2.67. The number of benzene rings is 1. The summed E-state index contributed by atoms with van der Waals surface area (Å²) in [6.07, 6.45) is 3.98. The van der Waals surface area contributed by atoms with Crippen molar-refractivity contribution in [1.82, 2.24) is 0 Å². The van der Waals surface area contributed by atoms with E-state index in [1.807, 2.05) is 6.26 Å². The van der Waals surface area contributed by atoms with Crippen molar-refractivity contribution in [3.63, 3.8) is 0 Å². The Kier molecular flexibility index (Phi) is 4.80. The predicted molar refractivity (Wildman–Crippen MR) is 58.6 cm³/mol. The average molecular weight is 214 g/mol. The van der Waals surface area contributed by atoms with Gasteiger partial charge < -0.3 is 4.74 Å². The lowest BCUT2D eigenvalue weighted by atomic mass is 10.3. The van der Waals surface area contributed by atoms with Crippen LogP contribution in [0, 0.1) is 5.82 Å². The molecule has 1 aromatic rings. The Balaban J connectivity index is 2.64. The fraction of sp³-hybridized carbons (Fsp3) is 0.455. The van der Waals surface area contributed by atoms with Crippen molar-refractivity contribution < 1.29 is 9.13 Å². The first kappa shape index (κ1) is 11.4. The van der Waals surface area contributed by atoms with Crippen LogP contribution < -0.4 is 4.74 Å². The third-order valence-electron chi connectivity index (χ3n) is 1.89. The molecule has 0 bridgehead atoms. The summed E-state index contributed by atoms with van der Waals surface area (Å²) >= 11 is 1.58. The van der Waals surface area contributed by atoms with Crippen LogP contribution in [0.3, 0.4) is 0 Å². The van der Waals surface area contributed by atoms with Gasteiger partial charge in [-0.05, 0) is 30.9 Å². The van der Waals surface area contributed by atoms with Gasteiger partial charge in [-0.15, -0.1) is 11.8 Å². The largest absolute Gasteiger partial charge is 0.490 e. The molecule has 1 aromatic carbocycles. The maximum atomic E-state index is 13.2. The van der Waals surface area contributed by atoms with Crippen LogP contribution in [0.4, 0.5) is 4.39 Å². The topological polar surface area (TPSA) is 9.23 Å². The monoisotopic (exact) mass is 214 g/mol. The van der Waals surface area contributed by atoms with E-state index in [4.69, 9.17) is 4.74 Å². The summed E-state index contributed by atoms with van der Waals surface area (Å²) in [7, 11) is 0. The van der Waals surface area contributed by atoms with Gasteiger partial charge in [0.1, 0.15) is 0 Å². The van der Waals surface area contributed by atoms with Crippen LogP contribution in [-0.4, -0.2) is 12.9 Å². The van der Waals surface area contributed by atoms with Crippen LogP contribution >= 0.6 is 11.8 Å². The fourth-order valence-electron chi connectivity index (χ4n) is 1.05. The highest BCUT2D eigenvalue weighted by Crippen LogP contribution is 2.24. The van der Waals surface area contributed by atoms with Gasteiger partial charge in [-0.2, -0.15) is 0 Å². The molecule has 0 radical (unpaired) electrons. The van der Waals surface area contributed by atoms with E-state index in [9.17, 15) is 4.39 Å². The van der Waals surface area contributed by atoms with E-state index < -0.39 is 0 Å². The van der Waals surface area contributed by atoms with Crippen molar-refractivity contribution in [3.05, 3.63) is 24.0 Å². The molecule has 0 unspecified atom stereocenters. The van der Waals surface area contributed by atoms with Crippen LogP contribution in [-0.2, 0) is 0 Å². The number of rotatable bonds is 5. The lowest BCUT2D eigenvalue weighted by Gasteiger charge is -2.07. The van der Waals surface area contributed by atoms with Gasteiger partial charge in [0.25, 0.3) is 0 Å². The lowest BCUT2D eigenvalue weighted by Crippen LogP contribution is -1.98. The Bertz CT molecular complexity index is 289. The first-order valence-corrected chi connectivity index (χ1v) is 5.96. The van der Waals surface area contributed by atoms with Gasteiger partial charge in [0.05, 0.1) is 6.61 Å². The molecule has 3 heteroatoms. The Labute approximate surface area is 88.7 Å². The van der Waals surface area contributed by atoms with Gasteiger partial charge in [-0.3, -0.25) is 0 Å². The van der Waals surface area contributed by atoms with Crippen LogP contribution in [0.25, 0.3) is 0 Å². The quantitative estimate of drug-likeness (QED) is 0.545. The molecular weight excluding hydrogens is 199 g/mol. The van der Waals surface area contributed by atoms with Gasteiger partial charge in [-0.25, -0.2) is 4.39 Å². The molecular formula is C11H15FOS. The molecule has 0 aliphatic heterocycles. The smallest absolute Gasteiger partial charge is 0.165 e. The van der Waals surface area contributed by atoms with E-state index in [1.54, 1.807) is 23.9 Å². The highest BCUT2D eigenvalue weighted by atomic mass is 32.2. The number of hydrogen-bond donors (Lipinski definition) is 0. The summed E-state index contributed by atoms with van der Waals surface area (Å²) in [6, 6.07) is 4.95. The fourth-order valence-corrected chi connectivity index (χ4v) is 1.48. The summed E-state index contributed by atoms with van der Waals surface area (Å²) in [5.74, 6) is 0.0872.